The van der Waals surface area contributed by atoms with Crippen molar-refractivity contribution in [2.24, 2.45) is 0 Å². The highest BCUT2D eigenvalue weighted by atomic mass is 19.1. The normalized spacial score (nSPS) is 15.0. The van der Waals surface area contributed by atoms with Crippen molar-refractivity contribution in [1.29, 1.82) is 0 Å². The summed E-state index contributed by atoms with van der Waals surface area (Å²) in [6, 6.07) is 5.41. The number of ether oxygens (including phenoxy) is 1. The van der Waals surface area contributed by atoms with E-state index in [0.717, 1.165) is 0 Å². The van der Waals surface area contributed by atoms with Crippen LogP contribution in [0.5, 0.6) is 0 Å². The van der Waals surface area contributed by atoms with Gasteiger partial charge in [-0.15, -0.1) is 5.10 Å². The molecule has 1 aromatic heterocycles. The van der Waals surface area contributed by atoms with Crippen LogP contribution in [0, 0.1) is 12.7 Å². The van der Waals surface area contributed by atoms with Crippen LogP contribution in [-0.4, -0.2) is 62.7 Å². The monoisotopic (exact) mass is 362 g/mol. The van der Waals surface area contributed by atoms with E-state index >= 15 is 0 Å². The van der Waals surface area contributed by atoms with Gasteiger partial charge >= 0.3 is 5.97 Å². The predicted molar refractivity (Wildman–Crippen MR) is 88.6 cm³/mol. The summed E-state index contributed by atoms with van der Waals surface area (Å²) >= 11 is 0. The second-order valence-electron chi connectivity index (χ2n) is 6.08. The third-order valence-electron chi connectivity index (χ3n) is 4.37. The maximum Gasteiger partial charge on any atom is 0.323 e. The van der Waals surface area contributed by atoms with Crippen LogP contribution in [0.1, 0.15) is 29.0 Å². The Kier molecular flexibility index (Phi) is 5.27. The van der Waals surface area contributed by atoms with Crippen molar-refractivity contribution in [3.05, 3.63) is 41.5 Å². The molecule has 0 spiro atoms. The van der Waals surface area contributed by atoms with E-state index in [-0.39, 0.29) is 17.6 Å². The minimum Gasteiger partial charge on any atom is -0.480 e. The largest absolute Gasteiger partial charge is 0.480 e. The molecule has 1 N–H and O–H groups in total. The number of halogens is 1. The third kappa shape index (κ3) is 3.72. The fourth-order valence-electron chi connectivity index (χ4n) is 3.00. The lowest BCUT2D eigenvalue weighted by Gasteiger charge is -2.32. The topological polar surface area (TPSA) is 97.6 Å². The number of carboxylic acid groups (broad SMARTS) is 1. The van der Waals surface area contributed by atoms with Gasteiger partial charge in [-0.2, -0.15) is 0 Å². The lowest BCUT2D eigenvalue weighted by Crippen LogP contribution is -2.46. The average molecular weight is 362 g/mol. The third-order valence-corrected chi connectivity index (χ3v) is 4.37. The van der Waals surface area contributed by atoms with Crippen LogP contribution in [0.3, 0.4) is 0 Å². The van der Waals surface area contributed by atoms with Crippen LogP contribution >= 0.6 is 0 Å². The number of hydrogen-bond acceptors (Lipinski definition) is 5. The Bertz CT molecular complexity index is 800. The van der Waals surface area contributed by atoms with E-state index in [0.29, 0.717) is 37.4 Å². The van der Waals surface area contributed by atoms with Gasteiger partial charge in [0.1, 0.15) is 12.4 Å². The molecule has 8 nitrogen and oxygen atoms in total. The van der Waals surface area contributed by atoms with Crippen molar-refractivity contribution in [3.8, 4) is 5.69 Å². The summed E-state index contributed by atoms with van der Waals surface area (Å²) in [6.45, 7) is 2.22. The maximum atomic E-state index is 13.1. The lowest BCUT2D eigenvalue weighted by molar-refractivity contribution is -0.138. The van der Waals surface area contributed by atoms with E-state index in [9.17, 15) is 19.1 Å². The number of aliphatic carboxylic acids is 1. The summed E-state index contributed by atoms with van der Waals surface area (Å²) in [6.07, 6.45) is 1.15. The van der Waals surface area contributed by atoms with Gasteiger partial charge in [-0.3, -0.25) is 9.59 Å². The summed E-state index contributed by atoms with van der Waals surface area (Å²) in [5, 5.41) is 17.1. The number of carboxylic acids is 1. The van der Waals surface area contributed by atoms with Crippen molar-refractivity contribution in [2.75, 3.05) is 19.8 Å². The first-order valence-electron chi connectivity index (χ1n) is 8.26. The van der Waals surface area contributed by atoms with E-state index in [2.05, 4.69) is 10.3 Å². The molecular formula is C17H19FN4O4. The van der Waals surface area contributed by atoms with Crippen LogP contribution < -0.4 is 0 Å². The van der Waals surface area contributed by atoms with Gasteiger partial charge in [0.05, 0.1) is 11.4 Å². The molecule has 2 aromatic rings. The summed E-state index contributed by atoms with van der Waals surface area (Å²) in [5.41, 5.74) is 1.11. The van der Waals surface area contributed by atoms with Crippen molar-refractivity contribution in [1.82, 2.24) is 19.9 Å². The van der Waals surface area contributed by atoms with Gasteiger partial charge in [-0.05, 0) is 44.0 Å². The molecule has 1 aliphatic rings. The molecule has 1 saturated heterocycles. The van der Waals surface area contributed by atoms with E-state index < -0.39 is 18.4 Å². The minimum atomic E-state index is -1.09. The van der Waals surface area contributed by atoms with Gasteiger partial charge in [-0.25, -0.2) is 9.07 Å². The summed E-state index contributed by atoms with van der Waals surface area (Å²) < 4.78 is 19.8. The summed E-state index contributed by atoms with van der Waals surface area (Å²) in [4.78, 5) is 25.5. The number of nitrogens with zero attached hydrogens (tertiary/aromatic N) is 4. The van der Waals surface area contributed by atoms with Crippen molar-refractivity contribution < 1.29 is 23.8 Å². The van der Waals surface area contributed by atoms with Crippen molar-refractivity contribution >= 4 is 11.9 Å². The second-order valence-corrected chi connectivity index (χ2v) is 6.08. The molecule has 0 aliphatic carbocycles. The molecule has 1 fully saturated rings. The molecule has 1 aliphatic heterocycles. The average Bonchev–Trinajstić information content (AvgIpc) is 3.02. The zero-order valence-corrected chi connectivity index (χ0v) is 14.3. The van der Waals surface area contributed by atoms with Crippen LogP contribution in [0.15, 0.2) is 24.3 Å². The Hall–Kier alpha value is -2.81. The molecule has 0 saturated carbocycles. The number of hydrogen-bond donors (Lipinski definition) is 1. The molecule has 0 radical (unpaired) electrons. The maximum absolute atomic E-state index is 13.1. The van der Waals surface area contributed by atoms with Gasteiger partial charge in [-0.1, -0.05) is 5.21 Å². The van der Waals surface area contributed by atoms with E-state index in [1.807, 2.05) is 0 Å². The number of carbonyl (C=O) groups excluding carboxylic acids is 1. The lowest BCUT2D eigenvalue weighted by atomic mass is 10.1. The Labute approximate surface area is 149 Å². The highest BCUT2D eigenvalue weighted by molar-refractivity contribution is 5.95. The van der Waals surface area contributed by atoms with Gasteiger partial charge in [0, 0.05) is 19.3 Å². The SMILES string of the molecule is Cc1c(C(=O)N(CC(=O)O)C2CCOCC2)nnn1-c1ccc(F)cc1. The van der Waals surface area contributed by atoms with E-state index in [1.54, 1.807) is 6.92 Å². The molecule has 138 valence electrons. The van der Waals surface area contributed by atoms with E-state index in [1.165, 1.54) is 33.8 Å². The summed E-state index contributed by atoms with van der Waals surface area (Å²) in [7, 11) is 0. The first-order chi connectivity index (χ1) is 12.5. The molecule has 1 amide bonds. The molecule has 0 bridgehead atoms. The minimum absolute atomic E-state index is 0.0852. The number of aromatic nitrogens is 3. The number of amides is 1. The van der Waals surface area contributed by atoms with Gasteiger partial charge in [0.2, 0.25) is 0 Å². The smallest absolute Gasteiger partial charge is 0.323 e. The van der Waals surface area contributed by atoms with E-state index in [4.69, 9.17) is 4.74 Å². The molecule has 0 unspecified atom stereocenters. The van der Waals surface area contributed by atoms with Gasteiger partial charge < -0.3 is 14.7 Å². The molecule has 3 rings (SSSR count). The molecule has 26 heavy (non-hydrogen) atoms. The summed E-state index contributed by atoms with van der Waals surface area (Å²) in [5.74, 6) is -1.95. The molecular weight excluding hydrogens is 343 g/mol. The van der Waals surface area contributed by atoms with Crippen molar-refractivity contribution in [3.63, 3.8) is 0 Å². The number of benzene rings is 1. The fourth-order valence-corrected chi connectivity index (χ4v) is 3.00. The highest BCUT2D eigenvalue weighted by Crippen LogP contribution is 2.19. The van der Waals surface area contributed by atoms with Crippen molar-refractivity contribution in [2.45, 2.75) is 25.8 Å². The van der Waals surface area contributed by atoms with Crippen LogP contribution in [0.25, 0.3) is 5.69 Å². The Balaban J connectivity index is 1.89. The van der Waals surface area contributed by atoms with Crippen LogP contribution in [0.2, 0.25) is 0 Å². The molecule has 1 aromatic carbocycles. The van der Waals surface area contributed by atoms with Gasteiger partial charge in [0.25, 0.3) is 5.91 Å². The highest BCUT2D eigenvalue weighted by Gasteiger charge is 2.31. The number of rotatable bonds is 5. The molecule has 2 heterocycles. The Morgan fingerprint density at radius 3 is 2.58 bits per heavy atom. The van der Waals surface area contributed by atoms with Crippen LogP contribution in [0.4, 0.5) is 4.39 Å². The number of carbonyl (C=O) groups is 2. The van der Waals surface area contributed by atoms with Gasteiger partial charge in [0.15, 0.2) is 5.69 Å². The quantitative estimate of drug-likeness (QED) is 0.864. The Morgan fingerprint density at radius 1 is 1.31 bits per heavy atom. The zero-order valence-electron chi connectivity index (χ0n) is 14.3. The fraction of sp³-hybridized carbons (Fsp3) is 0.412. The molecule has 0 atom stereocenters. The Morgan fingerprint density at radius 2 is 1.96 bits per heavy atom. The predicted octanol–water partition coefficient (Wildman–Crippen LogP) is 1.42. The second kappa shape index (κ2) is 7.61. The first-order valence-corrected chi connectivity index (χ1v) is 8.26. The zero-order chi connectivity index (χ0) is 18.7. The standard InChI is InChI=1S/C17H19FN4O4/c1-11-16(19-20-22(11)14-4-2-12(18)3-5-14)17(25)21(10-15(23)24)13-6-8-26-9-7-13/h2-5,13H,6-10H2,1H3,(H,23,24). The van der Waals surface area contributed by atoms with Crippen LogP contribution in [-0.2, 0) is 9.53 Å². The molecule has 9 heteroatoms. The first kappa shape index (κ1) is 18.0.